The summed E-state index contributed by atoms with van der Waals surface area (Å²) in [4.78, 5) is 11.5. The van der Waals surface area contributed by atoms with Crippen molar-refractivity contribution in [3.05, 3.63) is 0 Å². The number of carboxylic acid groups (broad SMARTS) is 1. The number of ether oxygens (including phenoxy) is 1. The van der Waals surface area contributed by atoms with Crippen LogP contribution in [0.1, 0.15) is 53.4 Å². The third-order valence-corrected chi connectivity index (χ3v) is 3.32. The van der Waals surface area contributed by atoms with Crippen molar-refractivity contribution in [2.45, 2.75) is 59.0 Å². The summed E-state index contributed by atoms with van der Waals surface area (Å²) in [5.41, 5.74) is -0.888. The molecule has 1 saturated carbocycles. The third-order valence-electron chi connectivity index (χ3n) is 3.32. The molecule has 1 N–H and O–H groups in total. The molecule has 1 aliphatic carbocycles. The van der Waals surface area contributed by atoms with Crippen LogP contribution in [0.5, 0.6) is 0 Å². The number of aliphatic carboxylic acids is 1. The Morgan fingerprint density at radius 2 is 2.06 bits per heavy atom. The summed E-state index contributed by atoms with van der Waals surface area (Å²) in [7, 11) is 0. The number of carbonyl (C=O) groups is 1. The highest BCUT2D eigenvalue weighted by Gasteiger charge is 2.49. The number of hydrogen-bond acceptors (Lipinski definition) is 2. The minimum Gasteiger partial charge on any atom is -0.479 e. The van der Waals surface area contributed by atoms with Crippen LogP contribution in [-0.4, -0.2) is 23.3 Å². The second-order valence-electron chi connectivity index (χ2n) is 6.00. The van der Waals surface area contributed by atoms with Crippen LogP contribution in [0, 0.1) is 11.3 Å². The first-order valence-corrected chi connectivity index (χ1v) is 6.19. The van der Waals surface area contributed by atoms with E-state index in [1.54, 1.807) is 0 Å². The maximum atomic E-state index is 11.5. The zero-order chi connectivity index (χ0) is 12.4. The molecule has 3 nitrogen and oxygen atoms in total. The van der Waals surface area contributed by atoms with Gasteiger partial charge >= 0.3 is 5.97 Å². The van der Waals surface area contributed by atoms with E-state index in [0.29, 0.717) is 25.4 Å². The molecule has 0 aliphatic heterocycles. The normalized spacial score (nSPS) is 33.6. The molecule has 94 valence electrons. The number of hydrogen-bond donors (Lipinski definition) is 1. The molecule has 1 rings (SSSR count). The summed E-state index contributed by atoms with van der Waals surface area (Å²) in [5.74, 6) is -0.378. The Kier molecular flexibility index (Phi) is 4.00. The van der Waals surface area contributed by atoms with Gasteiger partial charge in [0.05, 0.1) is 0 Å². The maximum Gasteiger partial charge on any atom is 0.335 e. The smallest absolute Gasteiger partial charge is 0.335 e. The summed E-state index contributed by atoms with van der Waals surface area (Å²) < 4.78 is 5.69. The molecular weight excluding hydrogens is 204 g/mol. The fourth-order valence-corrected chi connectivity index (χ4v) is 3.13. The first kappa shape index (κ1) is 13.5. The molecular formula is C13H24O3. The average Bonchev–Trinajstić information content (AvgIpc) is 2.11. The standard InChI is InChI=1S/C13H24O3/c1-5-6-16-13(11(14)15)8-10(2)7-12(3,4)9-13/h10H,5-9H2,1-4H3,(H,14,15). The van der Waals surface area contributed by atoms with Gasteiger partial charge in [0, 0.05) is 6.61 Å². The van der Waals surface area contributed by atoms with Crippen LogP contribution >= 0.6 is 0 Å². The van der Waals surface area contributed by atoms with Crippen molar-refractivity contribution in [1.82, 2.24) is 0 Å². The van der Waals surface area contributed by atoms with Gasteiger partial charge < -0.3 is 9.84 Å². The van der Waals surface area contributed by atoms with Gasteiger partial charge in [0.2, 0.25) is 0 Å². The Morgan fingerprint density at radius 3 is 2.50 bits per heavy atom. The highest BCUT2D eigenvalue weighted by molar-refractivity contribution is 5.77. The Morgan fingerprint density at radius 1 is 1.44 bits per heavy atom. The van der Waals surface area contributed by atoms with Crippen molar-refractivity contribution in [2.75, 3.05) is 6.61 Å². The SMILES string of the molecule is CCCOC1(C(=O)O)CC(C)CC(C)(C)C1. The summed E-state index contributed by atoms with van der Waals surface area (Å²) in [6, 6.07) is 0. The Bertz CT molecular complexity index is 260. The molecule has 0 spiro atoms. The zero-order valence-corrected chi connectivity index (χ0v) is 10.9. The number of carboxylic acids is 1. The van der Waals surface area contributed by atoms with Gasteiger partial charge in [0.1, 0.15) is 0 Å². The molecule has 3 heteroatoms. The highest BCUT2D eigenvalue weighted by atomic mass is 16.5. The first-order chi connectivity index (χ1) is 7.31. The second kappa shape index (κ2) is 4.74. The molecule has 0 amide bonds. The molecule has 2 unspecified atom stereocenters. The summed E-state index contributed by atoms with van der Waals surface area (Å²) in [5, 5.41) is 9.44. The van der Waals surface area contributed by atoms with E-state index in [1.807, 2.05) is 6.92 Å². The van der Waals surface area contributed by atoms with Crippen LogP contribution < -0.4 is 0 Å². The predicted octanol–water partition coefficient (Wildman–Crippen LogP) is 3.08. The zero-order valence-electron chi connectivity index (χ0n) is 10.9. The second-order valence-corrected chi connectivity index (χ2v) is 6.00. The van der Waals surface area contributed by atoms with E-state index in [0.717, 1.165) is 12.8 Å². The average molecular weight is 228 g/mol. The van der Waals surface area contributed by atoms with Gasteiger partial charge in [-0.05, 0) is 37.0 Å². The molecule has 16 heavy (non-hydrogen) atoms. The van der Waals surface area contributed by atoms with Crippen LogP contribution in [0.3, 0.4) is 0 Å². The Hall–Kier alpha value is -0.570. The van der Waals surface area contributed by atoms with Gasteiger partial charge in [0.25, 0.3) is 0 Å². The lowest BCUT2D eigenvalue weighted by molar-refractivity contribution is -0.180. The van der Waals surface area contributed by atoms with Gasteiger partial charge in [-0.1, -0.05) is 27.7 Å². The molecule has 0 aromatic carbocycles. The Balaban J connectivity index is 2.87. The number of rotatable bonds is 4. The predicted molar refractivity (Wildman–Crippen MR) is 63.4 cm³/mol. The molecule has 0 aromatic heterocycles. The molecule has 1 fully saturated rings. The molecule has 0 heterocycles. The van der Waals surface area contributed by atoms with E-state index in [-0.39, 0.29) is 5.41 Å². The van der Waals surface area contributed by atoms with Crippen molar-refractivity contribution < 1.29 is 14.6 Å². The van der Waals surface area contributed by atoms with Gasteiger partial charge in [0.15, 0.2) is 5.60 Å². The Labute approximate surface area is 98.2 Å². The lowest BCUT2D eigenvalue weighted by Gasteiger charge is -2.44. The van der Waals surface area contributed by atoms with E-state index < -0.39 is 11.6 Å². The summed E-state index contributed by atoms with van der Waals surface area (Å²) >= 11 is 0. The van der Waals surface area contributed by atoms with Crippen molar-refractivity contribution >= 4 is 5.97 Å². The van der Waals surface area contributed by atoms with Gasteiger partial charge in [-0.15, -0.1) is 0 Å². The van der Waals surface area contributed by atoms with Gasteiger partial charge in [-0.3, -0.25) is 0 Å². The van der Waals surface area contributed by atoms with Crippen molar-refractivity contribution in [2.24, 2.45) is 11.3 Å². The fourth-order valence-electron chi connectivity index (χ4n) is 3.13. The van der Waals surface area contributed by atoms with Crippen LogP contribution in [-0.2, 0) is 9.53 Å². The minimum absolute atomic E-state index is 0.0593. The van der Waals surface area contributed by atoms with E-state index in [4.69, 9.17) is 4.74 Å². The largest absolute Gasteiger partial charge is 0.479 e. The summed E-state index contributed by atoms with van der Waals surface area (Å²) in [6.45, 7) is 8.93. The van der Waals surface area contributed by atoms with E-state index in [9.17, 15) is 9.90 Å². The van der Waals surface area contributed by atoms with Crippen LogP contribution in [0.25, 0.3) is 0 Å². The molecule has 2 atom stereocenters. The van der Waals surface area contributed by atoms with Crippen molar-refractivity contribution in [3.8, 4) is 0 Å². The minimum atomic E-state index is -0.947. The van der Waals surface area contributed by atoms with Crippen LogP contribution in [0.15, 0.2) is 0 Å². The maximum absolute atomic E-state index is 11.5. The molecule has 0 saturated heterocycles. The van der Waals surface area contributed by atoms with E-state index >= 15 is 0 Å². The topological polar surface area (TPSA) is 46.5 Å². The summed E-state index contributed by atoms with van der Waals surface area (Å²) in [6.07, 6.45) is 3.22. The third kappa shape index (κ3) is 2.97. The molecule has 0 radical (unpaired) electrons. The monoisotopic (exact) mass is 228 g/mol. The van der Waals surface area contributed by atoms with E-state index in [2.05, 4.69) is 20.8 Å². The highest BCUT2D eigenvalue weighted by Crippen LogP contribution is 2.45. The van der Waals surface area contributed by atoms with Crippen molar-refractivity contribution in [1.29, 1.82) is 0 Å². The lowest BCUT2D eigenvalue weighted by Crippen LogP contribution is -2.50. The van der Waals surface area contributed by atoms with Gasteiger partial charge in [-0.2, -0.15) is 0 Å². The molecule has 0 aromatic rings. The quantitative estimate of drug-likeness (QED) is 0.804. The fraction of sp³-hybridized carbons (Fsp3) is 0.923. The van der Waals surface area contributed by atoms with Crippen molar-refractivity contribution in [3.63, 3.8) is 0 Å². The van der Waals surface area contributed by atoms with Gasteiger partial charge in [-0.25, -0.2) is 4.79 Å². The lowest BCUT2D eigenvalue weighted by atomic mass is 9.65. The first-order valence-electron chi connectivity index (χ1n) is 6.19. The molecule has 0 bridgehead atoms. The molecule has 1 aliphatic rings. The van der Waals surface area contributed by atoms with E-state index in [1.165, 1.54) is 0 Å². The van der Waals surface area contributed by atoms with Crippen LogP contribution in [0.4, 0.5) is 0 Å². The van der Waals surface area contributed by atoms with Crippen LogP contribution in [0.2, 0.25) is 0 Å².